The van der Waals surface area contributed by atoms with Crippen molar-refractivity contribution >= 4 is 40.3 Å². The predicted octanol–water partition coefficient (Wildman–Crippen LogP) is 6.52. The zero-order valence-corrected chi connectivity index (χ0v) is 21.2. The van der Waals surface area contributed by atoms with E-state index in [-0.39, 0.29) is 0 Å². The van der Waals surface area contributed by atoms with Crippen LogP contribution in [0.25, 0.3) is 49.7 Å². The van der Waals surface area contributed by atoms with E-state index >= 15 is 0 Å². The van der Waals surface area contributed by atoms with E-state index in [1.165, 1.54) is 38.1 Å². The first-order chi connectivity index (χ1) is 17.6. The lowest BCUT2D eigenvalue weighted by molar-refractivity contribution is 1.18. The van der Waals surface area contributed by atoms with Crippen molar-refractivity contribution in [2.45, 2.75) is 13.1 Å². The third-order valence-corrected chi connectivity index (χ3v) is 11.2. The standard InChI is InChI=1S/C32H23N3Si/c1-36(2)30-13-6-4-10-25(30)26-14-15-29-31(32(26)36)27-11-3-5-12-28(27)35(29)24-9-7-8-22(17-24)23-16-21(18-33)19-34-20-23/h3-17,19-20H,1-2H3. The number of fused-ring (bicyclic) bond motifs is 7. The van der Waals surface area contributed by atoms with Crippen LogP contribution < -0.4 is 10.4 Å². The lowest BCUT2D eigenvalue weighted by Gasteiger charge is -2.20. The lowest BCUT2D eigenvalue weighted by atomic mass is 10.0. The second-order valence-corrected chi connectivity index (χ2v) is 14.3. The molecule has 4 aromatic carbocycles. The molecular weight excluding hydrogens is 454 g/mol. The molecule has 6 aromatic rings. The third kappa shape index (κ3) is 2.81. The molecule has 4 heteroatoms. The maximum absolute atomic E-state index is 9.34. The van der Waals surface area contributed by atoms with Crippen LogP contribution in [0.3, 0.4) is 0 Å². The Labute approximate surface area is 210 Å². The Morgan fingerprint density at radius 2 is 1.58 bits per heavy atom. The molecular formula is C32H23N3Si. The van der Waals surface area contributed by atoms with Crippen LogP contribution in [-0.2, 0) is 0 Å². The molecule has 36 heavy (non-hydrogen) atoms. The van der Waals surface area contributed by atoms with Crippen LogP contribution in [0.15, 0.2) is 103 Å². The molecule has 0 atom stereocenters. The number of pyridine rings is 1. The van der Waals surface area contributed by atoms with Gasteiger partial charge in [-0.15, -0.1) is 0 Å². The number of rotatable bonds is 2. The number of nitrogens with zero attached hydrogens (tertiary/aromatic N) is 3. The highest BCUT2D eigenvalue weighted by Gasteiger charge is 2.39. The van der Waals surface area contributed by atoms with Gasteiger partial charge in [0.25, 0.3) is 0 Å². The molecule has 3 nitrogen and oxygen atoms in total. The average molecular weight is 478 g/mol. The monoisotopic (exact) mass is 477 g/mol. The average Bonchev–Trinajstić information content (AvgIpc) is 3.38. The van der Waals surface area contributed by atoms with Crippen molar-refractivity contribution in [2.75, 3.05) is 0 Å². The van der Waals surface area contributed by atoms with Crippen LogP contribution in [0.1, 0.15) is 5.56 Å². The fourth-order valence-electron chi connectivity index (χ4n) is 6.09. The topological polar surface area (TPSA) is 41.6 Å². The second kappa shape index (κ2) is 7.52. The summed E-state index contributed by atoms with van der Waals surface area (Å²) in [5, 5.41) is 15.1. The molecule has 0 unspecified atom stereocenters. The highest BCUT2D eigenvalue weighted by Crippen LogP contribution is 2.38. The van der Waals surface area contributed by atoms with Crippen molar-refractivity contribution in [2.24, 2.45) is 0 Å². The highest BCUT2D eigenvalue weighted by molar-refractivity contribution is 7.05. The molecule has 0 bridgehead atoms. The zero-order chi connectivity index (χ0) is 24.4. The summed E-state index contributed by atoms with van der Waals surface area (Å²) in [6.07, 6.45) is 3.43. The van der Waals surface area contributed by atoms with Crippen LogP contribution in [-0.4, -0.2) is 17.6 Å². The summed E-state index contributed by atoms with van der Waals surface area (Å²) >= 11 is 0. The molecule has 0 aliphatic carbocycles. The van der Waals surface area contributed by atoms with Crippen molar-refractivity contribution in [3.63, 3.8) is 0 Å². The minimum absolute atomic E-state index is 0.567. The van der Waals surface area contributed by atoms with Gasteiger partial charge in [-0.2, -0.15) is 5.26 Å². The minimum atomic E-state index is -1.88. The molecule has 0 saturated carbocycles. The minimum Gasteiger partial charge on any atom is -0.309 e. The molecule has 7 rings (SSSR count). The smallest absolute Gasteiger partial charge is 0.114 e. The lowest BCUT2D eigenvalue weighted by Crippen LogP contribution is -2.49. The Kier molecular flexibility index (Phi) is 4.36. The van der Waals surface area contributed by atoms with Crippen LogP contribution >= 0.6 is 0 Å². The van der Waals surface area contributed by atoms with Gasteiger partial charge in [0, 0.05) is 34.4 Å². The molecule has 0 amide bonds. The fraction of sp³-hybridized carbons (Fsp3) is 0.0625. The summed E-state index contributed by atoms with van der Waals surface area (Å²) in [6.45, 7) is 4.97. The maximum atomic E-state index is 9.34. The summed E-state index contributed by atoms with van der Waals surface area (Å²) in [5.41, 5.74) is 8.91. The number of benzene rings is 4. The van der Waals surface area contributed by atoms with E-state index in [4.69, 9.17) is 0 Å². The van der Waals surface area contributed by atoms with Crippen LogP contribution in [0, 0.1) is 11.3 Å². The second-order valence-electron chi connectivity index (χ2n) is 10.0. The van der Waals surface area contributed by atoms with E-state index < -0.39 is 8.07 Å². The molecule has 1 aliphatic heterocycles. The first-order valence-corrected chi connectivity index (χ1v) is 15.2. The summed E-state index contributed by atoms with van der Waals surface area (Å²) in [5.74, 6) is 0. The molecule has 170 valence electrons. The maximum Gasteiger partial charge on any atom is 0.114 e. The Bertz CT molecular complexity index is 1890. The Balaban J connectivity index is 1.54. The van der Waals surface area contributed by atoms with Crippen molar-refractivity contribution in [3.8, 4) is 34.0 Å². The van der Waals surface area contributed by atoms with Gasteiger partial charge in [0.1, 0.15) is 14.1 Å². The van der Waals surface area contributed by atoms with Gasteiger partial charge in [0.15, 0.2) is 0 Å². The summed E-state index contributed by atoms with van der Waals surface area (Å²) in [4.78, 5) is 4.27. The highest BCUT2D eigenvalue weighted by atomic mass is 28.3. The van der Waals surface area contributed by atoms with Crippen molar-refractivity contribution < 1.29 is 0 Å². The van der Waals surface area contributed by atoms with E-state index in [9.17, 15) is 5.26 Å². The number of para-hydroxylation sites is 1. The van der Waals surface area contributed by atoms with Crippen molar-refractivity contribution in [1.29, 1.82) is 5.26 Å². The first kappa shape index (κ1) is 20.9. The first-order valence-electron chi connectivity index (χ1n) is 12.2. The van der Waals surface area contributed by atoms with E-state index in [1.807, 2.05) is 12.3 Å². The number of nitriles is 1. The van der Waals surface area contributed by atoms with Gasteiger partial charge >= 0.3 is 0 Å². The van der Waals surface area contributed by atoms with E-state index in [0.717, 1.165) is 16.8 Å². The molecule has 0 spiro atoms. The van der Waals surface area contributed by atoms with Crippen molar-refractivity contribution in [1.82, 2.24) is 9.55 Å². The van der Waals surface area contributed by atoms with Gasteiger partial charge in [0.2, 0.25) is 0 Å². The number of hydrogen-bond acceptors (Lipinski definition) is 2. The van der Waals surface area contributed by atoms with Gasteiger partial charge in [-0.1, -0.05) is 73.8 Å². The molecule has 1 aliphatic rings. The largest absolute Gasteiger partial charge is 0.309 e. The summed E-state index contributed by atoms with van der Waals surface area (Å²) in [6, 6.07) is 35.0. The van der Waals surface area contributed by atoms with Gasteiger partial charge in [-0.05, 0) is 57.4 Å². The summed E-state index contributed by atoms with van der Waals surface area (Å²) in [7, 11) is -1.88. The van der Waals surface area contributed by atoms with Crippen LogP contribution in [0.2, 0.25) is 13.1 Å². The van der Waals surface area contributed by atoms with Gasteiger partial charge < -0.3 is 4.57 Å². The van der Waals surface area contributed by atoms with Crippen LogP contribution in [0.5, 0.6) is 0 Å². The molecule has 3 heterocycles. The number of hydrogen-bond donors (Lipinski definition) is 0. The predicted molar refractivity (Wildman–Crippen MR) is 151 cm³/mol. The molecule has 0 saturated heterocycles. The quantitative estimate of drug-likeness (QED) is 0.266. The zero-order valence-electron chi connectivity index (χ0n) is 20.2. The van der Waals surface area contributed by atoms with Gasteiger partial charge in [-0.3, -0.25) is 4.98 Å². The molecule has 0 N–H and O–H groups in total. The van der Waals surface area contributed by atoms with E-state index in [2.05, 4.69) is 114 Å². The fourth-order valence-corrected chi connectivity index (χ4v) is 9.55. The van der Waals surface area contributed by atoms with E-state index in [0.29, 0.717) is 5.56 Å². The van der Waals surface area contributed by atoms with Crippen LogP contribution in [0.4, 0.5) is 0 Å². The van der Waals surface area contributed by atoms with Gasteiger partial charge in [0.05, 0.1) is 16.6 Å². The SMILES string of the molecule is C[Si]1(C)c2ccccc2-c2ccc3c(c21)c1ccccc1n3-c1cccc(-c2cncc(C#N)c2)c1. The summed E-state index contributed by atoms with van der Waals surface area (Å²) < 4.78 is 2.39. The third-order valence-electron chi connectivity index (χ3n) is 7.66. The molecule has 0 radical (unpaired) electrons. The Morgan fingerprint density at radius 3 is 2.47 bits per heavy atom. The molecule has 2 aromatic heterocycles. The molecule has 0 fully saturated rings. The van der Waals surface area contributed by atoms with Crippen molar-refractivity contribution in [3.05, 3.63) is 109 Å². The van der Waals surface area contributed by atoms with E-state index in [1.54, 1.807) is 11.4 Å². The number of aromatic nitrogens is 2. The normalized spacial score (nSPS) is 13.5. The Morgan fingerprint density at radius 1 is 0.750 bits per heavy atom. The Hall–Kier alpha value is -4.46. The van der Waals surface area contributed by atoms with Gasteiger partial charge in [-0.25, -0.2) is 0 Å².